The van der Waals surface area contributed by atoms with E-state index in [0.29, 0.717) is 6.04 Å². The number of amidine groups is 1. The van der Waals surface area contributed by atoms with E-state index < -0.39 is 0 Å². The molecule has 1 atom stereocenters. The van der Waals surface area contributed by atoms with Crippen molar-refractivity contribution in [2.45, 2.75) is 32.2 Å². The van der Waals surface area contributed by atoms with Crippen molar-refractivity contribution in [1.29, 1.82) is 0 Å². The molecule has 0 spiro atoms. The van der Waals surface area contributed by atoms with E-state index in [4.69, 9.17) is 0 Å². The fourth-order valence-electron chi connectivity index (χ4n) is 2.81. The molecule has 1 fully saturated rings. The first-order valence-corrected chi connectivity index (χ1v) is 7.65. The maximum Gasteiger partial charge on any atom is 0.124 e. The second kappa shape index (κ2) is 6.12. The van der Waals surface area contributed by atoms with Gasteiger partial charge in [0.1, 0.15) is 12.5 Å². The molecule has 1 aromatic carbocycles. The first-order valence-electron chi connectivity index (χ1n) is 7.65. The summed E-state index contributed by atoms with van der Waals surface area (Å²) in [6.45, 7) is 3.93. The van der Waals surface area contributed by atoms with Gasteiger partial charge in [0, 0.05) is 12.7 Å². The second-order valence-electron chi connectivity index (χ2n) is 5.63. The zero-order chi connectivity index (χ0) is 13.8. The summed E-state index contributed by atoms with van der Waals surface area (Å²) in [6.07, 6.45) is 8.25. The van der Waals surface area contributed by atoms with Gasteiger partial charge in [0.2, 0.25) is 0 Å². The van der Waals surface area contributed by atoms with Crippen LogP contribution in [-0.2, 0) is 0 Å². The molecule has 0 unspecified atom stereocenters. The van der Waals surface area contributed by atoms with Gasteiger partial charge >= 0.3 is 0 Å². The molecule has 3 nitrogen and oxygen atoms in total. The zero-order valence-electron chi connectivity index (χ0n) is 12.1. The van der Waals surface area contributed by atoms with E-state index in [1.165, 1.54) is 24.8 Å². The van der Waals surface area contributed by atoms with Crippen LogP contribution in [0.25, 0.3) is 0 Å². The van der Waals surface area contributed by atoms with E-state index in [1.807, 2.05) is 0 Å². The Balaban J connectivity index is 1.71. The van der Waals surface area contributed by atoms with Gasteiger partial charge in [-0.1, -0.05) is 36.8 Å². The van der Waals surface area contributed by atoms with Gasteiger partial charge in [-0.3, -0.25) is 0 Å². The van der Waals surface area contributed by atoms with Gasteiger partial charge in [0.15, 0.2) is 0 Å². The molecule has 3 rings (SSSR count). The number of nitrogens with one attached hydrogen (secondary N) is 1. The molecule has 1 heterocycles. The summed E-state index contributed by atoms with van der Waals surface area (Å²) in [4.78, 5) is 6.83. The van der Waals surface area contributed by atoms with Gasteiger partial charge < -0.3 is 10.2 Å². The lowest BCUT2D eigenvalue weighted by Crippen LogP contribution is -2.37. The minimum absolute atomic E-state index is 0.404. The number of rotatable bonds is 4. The van der Waals surface area contributed by atoms with Crippen molar-refractivity contribution in [3.05, 3.63) is 48.2 Å². The highest BCUT2D eigenvalue weighted by Gasteiger charge is 2.29. The van der Waals surface area contributed by atoms with E-state index in [1.54, 1.807) is 0 Å². The van der Waals surface area contributed by atoms with Crippen molar-refractivity contribution in [3.63, 3.8) is 0 Å². The topological polar surface area (TPSA) is 27.6 Å². The van der Waals surface area contributed by atoms with Crippen LogP contribution in [0.5, 0.6) is 0 Å². The Morgan fingerprint density at radius 3 is 2.65 bits per heavy atom. The SMILES string of the molecule is CCN1C=CC(N[C@H](c2ccccc2)C2CCC2)=NC1. The minimum atomic E-state index is 0.404. The molecule has 1 N–H and O–H groups in total. The molecular formula is C17H23N3. The third-order valence-electron chi connectivity index (χ3n) is 4.36. The molecule has 1 aliphatic carbocycles. The molecule has 1 saturated carbocycles. The smallest absolute Gasteiger partial charge is 0.124 e. The average Bonchev–Trinajstić information content (AvgIpc) is 2.46. The number of hydrogen-bond donors (Lipinski definition) is 1. The van der Waals surface area contributed by atoms with Crippen molar-refractivity contribution >= 4 is 5.84 Å². The quantitative estimate of drug-likeness (QED) is 0.908. The lowest BCUT2D eigenvalue weighted by atomic mass is 9.77. The summed E-state index contributed by atoms with van der Waals surface area (Å²) in [5, 5.41) is 3.66. The Kier molecular flexibility index (Phi) is 4.05. The highest BCUT2D eigenvalue weighted by atomic mass is 15.2. The van der Waals surface area contributed by atoms with Gasteiger partial charge in [-0.2, -0.15) is 0 Å². The van der Waals surface area contributed by atoms with Crippen LogP contribution in [0.4, 0.5) is 0 Å². The lowest BCUT2D eigenvalue weighted by molar-refractivity contribution is 0.249. The van der Waals surface area contributed by atoms with Crippen LogP contribution in [0.15, 0.2) is 47.6 Å². The number of nitrogens with zero attached hydrogens (tertiary/aromatic N) is 2. The number of aliphatic imine (C=N–C) groups is 1. The number of hydrogen-bond acceptors (Lipinski definition) is 3. The van der Waals surface area contributed by atoms with Crippen molar-refractivity contribution < 1.29 is 0 Å². The van der Waals surface area contributed by atoms with Crippen LogP contribution < -0.4 is 5.32 Å². The van der Waals surface area contributed by atoms with Crippen molar-refractivity contribution in [2.75, 3.05) is 13.2 Å². The predicted molar refractivity (Wildman–Crippen MR) is 83.5 cm³/mol. The van der Waals surface area contributed by atoms with Crippen molar-refractivity contribution in [1.82, 2.24) is 10.2 Å². The van der Waals surface area contributed by atoms with Crippen LogP contribution in [0.3, 0.4) is 0 Å². The monoisotopic (exact) mass is 269 g/mol. The highest BCUT2D eigenvalue weighted by Crippen LogP contribution is 2.37. The molecule has 0 saturated heterocycles. The number of benzene rings is 1. The van der Waals surface area contributed by atoms with Crippen molar-refractivity contribution in [2.24, 2.45) is 10.9 Å². The largest absolute Gasteiger partial charge is 0.363 e. The molecule has 3 heteroatoms. The molecule has 0 aromatic heterocycles. The molecule has 0 radical (unpaired) electrons. The van der Waals surface area contributed by atoms with Gasteiger partial charge in [0.05, 0.1) is 6.04 Å². The average molecular weight is 269 g/mol. The minimum Gasteiger partial charge on any atom is -0.363 e. The first kappa shape index (κ1) is 13.2. The molecule has 20 heavy (non-hydrogen) atoms. The summed E-state index contributed by atoms with van der Waals surface area (Å²) in [7, 11) is 0. The van der Waals surface area contributed by atoms with Crippen LogP contribution in [-0.4, -0.2) is 23.9 Å². The molecule has 2 aliphatic rings. The Bertz CT molecular complexity index is 488. The standard InChI is InChI=1S/C17H23N3/c1-2-20-12-11-16(18-13-20)19-17(15-9-6-10-15)14-7-4-3-5-8-14/h3-5,7-8,11-12,15,17H,2,6,9-10,13H2,1H3,(H,18,19)/t17-/m1/s1. The van der Waals surface area contributed by atoms with Gasteiger partial charge in [-0.05, 0) is 37.3 Å². The van der Waals surface area contributed by atoms with Gasteiger partial charge in [-0.15, -0.1) is 0 Å². The molecule has 1 aromatic rings. The van der Waals surface area contributed by atoms with Crippen LogP contribution in [0.2, 0.25) is 0 Å². The van der Waals surface area contributed by atoms with Gasteiger partial charge in [-0.25, -0.2) is 4.99 Å². The van der Waals surface area contributed by atoms with Crippen LogP contribution in [0, 0.1) is 5.92 Å². The zero-order valence-corrected chi connectivity index (χ0v) is 12.1. The van der Waals surface area contributed by atoms with Crippen molar-refractivity contribution in [3.8, 4) is 0 Å². The van der Waals surface area contributed by atoms with Gasteiger partial charge in [0.25, 0.3) is 0 Å². The summed E-state index contributed by atoms with van der Waals surface area (Å²) in [6, 6.07) is 11.2. The second-order valence-corrected chi connectivity index (χ2v) is 5.63. The third kappa shape index (κ3) is 2.87. The molecule has 0 amide bonds. The molecule has 106 valence electrons. The summed E-state index contributed by atoms with van der Waals surface area (Å²) in [5.74, 6) is 1.77. The van der Waals surface area contributed by atoms with Crippen LogP contribution >= 0.6 is 0 Å². The Morgan fingerprint density at radius 1 is 1.30 bits per heavy atom. The summed E-state index contributed by atoms with van der Waals surface area (Å²) < 4.78 is 0. The summed E-state index contributed by atoms with van der Waals surface area (Å²) in [5.41, 5.74) is 1.38. The maximum absolute atomic E-state index is 4.63. The predicted octanol–water partition coefficient (Wildman–Crippen LogP) is 3.32. The first-order chi connectivity index (χ1) is 9.86. The summed E-state index contributed by atoms with van der Waals surface area (Å²) >= 11 is 0. The normalized spacial score (nSPS) is 20.2. The van der Waals surface area contributed by atoms with E-state index in [9.17, 15) is 0 Å². The molecule has 1 aliphatic heterocycles. The van der Waals surface area contributed by atoms with Crippen LogP contribution in [0.1, 0.15) is 37.8 Å². The Labute approximate surface area is 121 Å². The Morgan fingerprint density at radius 2 is 2.10 bits per heavy atom. The fourth-order valence-corrected chi connectivity index (χ4v) is 2.81. The maximum atomic E-state index is 4.63. The van der Waals surface area contributed by atoms with E-state index in [-0.39, 0.29) is 0 Å². The fraction of sp³-hybridized carbons (Fsp3) is 0.471. The van der Waals surface area contributed by atoms with E-state index in [2.05, 4.69) is 64.7 Å². The highest BCUT2D eigenvalue weighted by molar-refractivity contribution is 5.93. The lowest BCUT2D eigenvalue weighted by Gasteiger charge is -2.35. The molecular weight excluding hydrogens is 246 g/mol. The molecule has 0 bridgehead atoms. The van der Waals surface area contributed by atoms with E-state index >= 15 is 0 Å². The third-order valence-corrected chi connectivity index (χ3v) is 4.36. The Hall–Kier alpha value is -1.77. The van der Waals surface area contributed by atoms with E-state index in [0.717, 1.165) is 25.0 Å².